The van der Waals surface area contributed by atoms with Crippen LogP contribution in [0.5, 0.6) is 5.75 Å². The van der Waals surface area contributed by atoms with Crippen molar-refractivity contribution in [1.29, 1.82) is 0 Å². The van der Waals surface area contributed by atoms with Gasteiger partial charge in [-0.2, -0.15) is 18.3 Å². The molecule has 4 aromatic rings. The van der Waals surface area contributed by atoms with E-state index in [9.17, 15) is 13.2 Å². The molecule has 1 N–H and O–H groups in total. The Kier molecular flexibility index (Phi) is 5.35. The van der Waals surface area contributed by atoms with Crippen molar-refractivity contribution in [2.45, 2.75) is 19.3 Å². The van der Waals surface area contributed by atoms with Gasteiger partial charge in [0.25, 0.3) is 0 Å². The van der Waals surface area contributed by atoms with Gasteiger partial charge < -0.3 is 10.1 Å². The molecule has 0 saturated heterocycles. The lowest BCUT2D eigenvalue weighted by molar-refractivity contribution is -0.137. The number of benzene rings is 3. The summed E-state index contributed by atoms with van der Waals surface area (Å²) in [6, 6.07) is 20.9. The van der Waals surface area contributed by atoms with Crippen molar-refractivity contribution in [2.24, 2.45) is 0 Å². The van der Waals surface area contributed by atoms with Gasteiger partial charge in [-0.1, -0.05) is 42.5 Å². The number of alkyl halides is 3. The molecule has 0 unspecified atom stereocenters. The Labute approximate surface area is 171 Å². The number of anilines is 1. The Hall–Kier alpha value is -3.48. The van der Waals surface area contributed by atoms with E-state index >= 15 is 0 Å². The molecule has 0 aliphatic carbocycles. The van der Waals surface area contributed by atoms with E-state index in [-0.39, 0.29) is 0 Å². The van der Waals surface area contributed by atoms with Gasteiger partial charge in [0.2, 0.25) is 0 Å². The van der Waals surface area contributed by atoms with Crippen LogP contribution in [0.1, 0.15) is 16.7 Å². The summed E-state index contributed by atoms with van der Waals surface area (Å²) in [5, 5.41) is 8.20. The molecule has 1 heterocycles. The molecule has 1 aromatic heterocycles. The largest absolute Gasteiger partial charge is 0.497 e. The first-order valence-corrected chi connectivity index (χ1v) is 9.42. The molecular formula is C23H20F3N3O. The van der Waals surface area contributed by atoms with Crippen LogP contribution >= 0.6 is 0 Å². The normalized spacial score (nSPS) is 11.6. The van der Waals surface area contributed by atoms with Gasteiger partial charge in [-0.15, -0.1) is 0 Å². The third kappa shape index (κ3) is 4.25. The number of hydrogen-bond acceptors (Lipinski definition) is 3. The van der Waals surface area contributed by atoms with E-state index in [1.165, 1.54) is 6.07 Å². The summed E-state index contributed by atoms with van der Waals surface area (Å²) in [6.45, 7) is 0.893. The highest BCUT2D eigenvalue weighted by molar-refractivity contribution is 5.91. The third-order valence-corrected chi connectivity index (χ3v) is 4.87. The smallest absolute Gasteiger partial charge is 0.416 e. The maximum Gasteiger partial charge on any atom is 0.416 e. The Morgan fingerprint density at radius 1 is 0.933 bits per heavy atom. The van der Waals surface area contributed by atoms with E-state index in [1.807, 2.05) is 54.6 Å². The Bertz CT molecular complexity index is 1140. The van der Waals surface area contributed by atoms with Gasteiger partial charge >= 0.3 is 6.18 Å². The molecule has 4 nitrogen and oxygen atoms in total. The van der Waals surface area contributed by atoms with E-state index in [1.54, 1.807) is 11.8 Å². The van der Waals surface area contributed by atoms with E-state index in [2.05, 4.69) is 10.4 Å². The number of aromatic nitrogens is 2. The fourth-order valence-electron chi connectivity index (χ4n) is 3.29. The molecule has 0 amide bonds. The van der Waals surface area contributed by atoms with Gasteiger partial charge in [-0.05, 0) is 41.5 Å². The second-order valence-electron chi connectivity index (χ2n) is 6.92. The van der Waals surface area contributed by atoms with Gasteiger partial charge in [0.1, 0.15) is 5.75 Å². The molecule has 3 aromatic carbocycles. The number of hydrogen-bond donors (Lipinski definition) is 1. The first-order chi connectivity index (χ1) is 14.4. The molecule has 7 heteroatoms. The fraction of sp³-hybridized carbons (Fsp3) is 0.174. The topological polar surface area (TPSA) is 39.1 Å². The van der Waals surface area contributed by atoms with E-state index in [0.717, 1.165) is 29.0 Å². The minimum atomic E-state index is -4.41. The van der Waals surface area contributed by atoms with Crippen LogP contribution in [-0.2, 0) is 19.3 Å². The summed E-state index contributed by atoms with van der Waals surface area (Å²) in [7, 11) is 1.59. The zero-order valence-electron chi connectivity index (χ0n) is 16.3. The summed E-state index contributed by atoms with van der Waals surface area (Å²) >= 11 is 0. The molecule has 0 saturated carbocycles. The highest BCUT2D eigenvalue weighted by Crippen LogP contribution is 2.34. The van der Waals surface area contributed by atoms with Crippen molar-refractivity contribution in [3.63, 3.8) is 0 Å². The molecule has 0 aliphatic heterocycles. The van der Waals surface area contributed by atoms with Crippen LogP contribution in [0.2, 0.25) is 0 Å². The van der Waals surface area contributed by atoms with Crippen LogP contribution in [0.15, 0.2) is 72.8 Å². The van der Waals surface area contributed by atoms with Crippen molar-refractivity contribution in [3.05, 3.63) is 89.5 Å². The maximum absolute atomic E-state index is 13.3. The average molecular weight is 411 g/mol. The molecule has 30 heavy (non-hydrogen) atoms. The highest BCUT2D eigenvalue weighted by atomic mass is 19.4. The maximum atomic E-state index is 13.3. The zero-order valence-corrected chi connectivity index (χ0v) is 16.3. The first kappa shape index (κ1) is 19.8. The molecule has 0 aliphatic rings. The van der Waals surface area contributed by atoms with Crippen molar-refractivity contribution in [3.8, 4) is 5.75 Å². The van der Waals surface area contributed by atoms with Crippen molar-refractivity contribution in [2.75, 3.05) is 12.4 Å². The molecule has 0 fully saturated rings. The number of nitrogens with zero attached hydrogens (tertiary/aromatic N) is 2. The number of methoxy groups -OCH3 is 1. The minimum absolute atomic E-state index is 0.419. The van der Waals surface area contributed by atoms with E-state index in [0.29, 0.717) is 29.8 Å². The van der Waals surface area contributed by atoms with Crippen molar-refractivity contribution >= 4 is 16.7 Å². The summed E-state index contributed by atoms with van der Waals surface area (Å²) in [6.07, 6.45) is -4.41. The van der Waals surface area contributed by atoms with Crippen molar-refractivity contribution < 1.29 is 17.9 Å². The number of halogens is 3. The molecular weight excluding hydrogens is 391 g/mol. The molecule has 0 spiro atoms. The highest BCUT2D eigenvalue weighted by Gasteiger charge is 2.31. The lowest BCUT2D eigenvalue weighted by Crippen LogP contribution is -2.05. The summed E-state index contributed by atoms with van der Waals surface area (Å²) in [5.74, 6) is 1.16. The second-order valence-corrected chi connectivity index (χ2v) is 6.92. The lowest BCUT2D eigenvalue weighted by Gasteiger charge is -2.08. The SMILES string of the molecule is COc1ccc(CNc2nn(Cc3ccccc3)c3ccc(C(F)(F)F)cc23)cc1. The molecule has 154 valence electrons. The Morgan fingerprint density at radius 3 is 2.33 bits per heavy atom. The van der Waals surface area contributed by atoms with Crippen LogP contribution in [0.25, 0.3) is 10.9 Å². The molecule has 0 radical (unpaired) electrons. The zero-order chi connectivity index (χ0) is 21.1. The van der Waals surface area contributed by atoms with Gasteiger partial charge in [0.05, 0.1) is 24.7 Å². The lowest BCUT2D eigenvalue weighted by atomic mass is 10.1. The fourth-order valence-corrected chi connectivity index (χ4v) is 3.29. The van der Waals surface area contributed by atoms with Gasteiger partial charge in [0.15, 0.2) is 5.82 Å². The Balaban J connectivity index is 1.68. The van der Waals surface area contributed by atoms with Crippen LogP contribution in [0, 0.1) is 0 Å². The van der Waals surface area contributed by atoms with Crippen LogP contribution in [0.3, 0.4) is 0 Å². The quantitative estimate of drug-likeness (QED) is 0.441. The van der Waals surface area contributed by atoms with E-state index < -0.39 is 11.7 Å². The van der Waals surface area contributed by atoms with Crippen molar-refractivity contribution in [1.82, 2.24) is 9.78 Å². The third-order valence-electron chi connectivity index (χ3n) is 4.87. The average Bonchev–Trinajstić information content (AvgIpc) is 3.09. The standard InChI is InChI=1S/C23H20F3N3O/c1-30-19-10-7-16(8-11-19)14-27-22-20-13-18(23(24,25)26)9-12-21(20)29(28-22)15-17-5-3-2-4-6-17/h2-13H,14-15H2,1H3,(H,27,28). The van der Waals surface area contributed by atoms with E-state index in [4.69, 9.17) is 4.74 Å². The molecule has 0 bridgehead atoms. The second kappa shape index (κ2) is 8.10. The predicted octanol–water partition coefficient (Wildman–Crippen LogP) is 5.72. The number of nitrogens with one attached hydrogen (secondary N) is 1. The first-order valence-electron chi connectivity index (χ1n) is 9.42. The van der Waals surface area contributed by atoms with Crippen LogP contribution < -0.4 is 10.1 Å². The molecule has 4 rings (SSSR count). The Morgan fingerprint density at radius 2 is 1.67 bits per heavy atom. The summed E-state index contributed by atoms with van der Waals surface area (Å²) in [4.78, 5) is 0. The number of rotatable bonds is 6. The summed E-state index contributed by atoms with van der Waals surface area (Å²) in [5.41, 5.74) is 1.93. The number of fused-ring (bicyclic) bond motifs is 1. The van der Waals surface area contributed by atoms with Crippen LogP contribution in [0.4, 0.5) is 19.0 Å². The molecule has 0 atom stereocenters. The van der Waals surface area contributed by atoms with Crippen LogP contribution in [-0.4, -0.2) is 16.9 Å². The monoisotopic (exact) mass is 411 g/mol. The van der Waals surface area contributed by atoms with Gasteiger partial charge in [-0.25, -0.2) is 0 Å². The number of ether oxygens (including phenoxy) is 1. The van der Waals surface area contributed by atoms with Gasteiger partial charge in [-0.3, -0.25) is 4.68 Å². The predicted molar refractivity (Wildman–Crippen MR) is 111 cm³/mol. The minimum Gasteiger partial charge on any atom is -0.497 e. The van der Waals surface area contributed by atoms with Gasteiger partial charge in [0, 0.05) is 11.9 Å². The summed E-state index contributed by atoms with van der Waals surface area (Å²) < 4.78 is 46.7.